The second kappa shape index (κ2) is 9.22. The van der Waals surface area contributed by atoms with E-state index in [1.807, 2.05) is 28.3 Å². The molecule has 1 aliphatic heterocycles. The van der Waals surface area contributed by atoms with Gasteiger partial charge in [-0.05, 0) is 49.7 Å². The molecule has 4 rings (SSSR count). The average molecular weight is 409 g/mol. The third kappa shape index (κ3) is 4.55. The van der Waals surface area contributed by atoms with Crippen molar-refractivity contribution in [1.29, 1.82) is 0 Å². The molecule has 0 bridgehead atoms. The quantitative estimate of drug-likeness (QED) is 0.788. The number of aromatic nitrogens is 2. The highest BCUT2D eigenvalue weighted by Gasteiger charge is 2.35. The first-order valence-electron chi connectivity index (χ1n) is 9.85. The van der Waals surface area contributed by atoms with Gasteiger partial charge in [-0.1, -0.05) is 25.3 Å². The molecule has 2 fully saturated rings. The Labute approximate surface area is 171 Å². The molecule has 1 saturated carbocycles. The fraction of sp³-hybridized carbons (Fsp3) is 0.600. The third-order valence-electron chi connectivity index (χ3n) is 5.93. The molecule has 1 saturated heterocycles. The number of carbonyl (C=O) groups excluding carboxylic acids is 1. The van der Waals surface area contributed by atoms with Gasteiger partial charge < -0.3 is 10.6 Å². The summed E-state index contributed by atoms with van der Waals surface area (Å²) in [6, 6.07) is 6.56. The van der Waals surface area contributed by atoms with E-state index in [1.54, 1.807) is 0 Å². The zero-order valence-corrected chi connectivity index (χ0v) is 17.3. The molecule has 2 N–H and O–H groups in total. The van der Waals surface area contributed by atoms with E-state index in [0.29, 0.717) is 18.3 Å². The summed E-state index contributed by atoms with van der Waals surface area (Å²) >= 11 is 1.82. The predicted molar refractivity (Wildman–Crippen MR) is 112 cm³/mol. The van der Waals surface area contributed by atoms with Gasteiger partial charge in [0.25, 0.3) is 5.91 Å². The number of thiophene rings is 1. The minimum Gasteiger partial charge on any atom is -0.350 e. The van der Waals surface area contributed by atoms with Gasteiger partial charge in [0, 0.05) is 29.6 Å². The maximum atomic E-state index is 12.7. The van der Waals surface area contributed by atoms with Crippen LogP contribution in [0, 0.1) is 0 Å². The van der Waals surface area contributed by atoms with Crippen LogP contribution in [0.1, 0.15) is 66.4 Å². The number of amides is 1. The zero-order valence-electron chi connectivity index (χ0n) is 15.7. The number of nitrogens with one attached hydrogen (secondary N) is 2. The fourth-order valence-electron chi connectivity index (χ4n) is 4.38. The first kappa shape index (κ1) is 20.4. The van der Waals surface area contributed by atoms with Crippen molar-refractivity contribution in [2.24, 2.45) is 0 Å². The summed E-state index contributed by atoms with van der Waals surface area (Å²) in [5.74, 6) is -0.0472. The van der Waals surface area contributed by atoms with Crippen LogP contribution >= 0.6 is 23.7 Å². The highest BCUT2D eigenvalue weighted by molar-refractivity contribution is 7.10. The second-order valence-electron chi connectivity index (χ2n) is 7.68. The zero-order chi connectivity index (χ0) is 17.8. The fourth-order valence-corrected chi connectivity index (χ4v) is 5.37. The van der Waals surface area contributed by atoms with E-state index in [4.69, 9.17) is 0 Å². The lowest BCUT2D eigenvalue weighted by Crippen LogP contribution is -2.42. The molecule has 0 aromatic carbocycles. The maximum absolute atomic E-state index is 12.7. The van der Waals surface area contributed by atoms with E-state index in [9.17, 15) is 4.79 Å². The summed E-state index contributed by atoms with van der Waals surface area (Å²) in [6.07, 6.45) is 10.4. The lowest BCUT2D eigenvalue weighted by atomic mass is 9.73. The molecule has 0 radical (unpaired) electrons. The molecule has 27 heavy (non-hydrogen) atoms. The number of halogens is 1. The molecule has 7 heteroatoms. The summed E-state index contributed by atoms with van der Waals surface area (Å²) in [4.78, 5) is 14.1. The Morgan fingerprint density at radius 1 is 1.30 bits per heavy atom. The first-order valence-corrected chi connectivity index (χ1v) is 10.7. The molecule has 5 nitrogen and oxygen atoms in total. The van der Waals surface area contributed by atoms with Gasteiger partial charge in [0.1, 0.15) is 5.69 Å². The summed E-state index contributed by atoms with van der Waals surface area (Å²) in [5.41, 5.74) is 0.644. The van der Waals surface area contributed by atoms with Crippen molar-refractivity contribution >= 4 is 29.7 Å². The number of rotatable bonds is 5. The van der Waals surface area contributed by atoms with E-state index in [0.717, 1.165) is 38.8 Å². The van der Waals surface area contributed by atoms with Crippen LogP contribution in [-0.4, -0.2) is 35.3 Å². The lowest BCUT2D eigenvalue weighted by Gasteiger charge is -2.36. The van der Waals surface area contributed by atoms with Crippen molar-refractivity contribution in [3.63, 3.8) is 0 Å². The molecular formula is C20H29ClN4OS. The summed E-state index contributed by atoms with van der Waals surface area (Å²) in [6.45, 7) is 2.73. The van der Waals surface area contributed by atoms with Crippen LogP contribution in [0.5, 0.6) is 0 Å². The molecular weight excluding hydrogens is 380 g/mol. The number of hydrogen-bond acceptors (Lipinski definition) is 4. The topological polar surface area (TPSA) is 59.0 Å². The predicted octanol–water partition coefficient (Wildman–Crippen LogP) is 3.92. The highest BCUT2D eigenvalue weighted by atomic mass is 35.5. The second-order valence-corrected chi connectivity index (χ2v) is 8.63. The first-order chi connectivity index (χ1) is 12.8. The van der Waals surface area contributed by atoms with Crippen molar-refractivity contribution in [3.8, 4) is 0 Å². The third-order valence-corrected chi connectivity index (χ3v) is 7.04. The monoisotopic (exact) mass is 408 g/mol. The van der Waals surface area contributed by atoms with Crippen molar-refractivity contribution in [2.75, 3.05) is 19.6 Å². The highest BCUT2D eigenvalue weighted by Crippen LogP contribution is 2.41. The average Bonchev–Trinajstić information content (AvgIpc) is 3.40. The van der Waals surface area contributed by atoms with Gasteiger partial charge in [0.2, 0.25) is 0 Å². The molecule has 3 heterocycles. The Morgan fingerprint density at radius 3 is 2.85 bits per heavy atom. The van der Waals surface area contributed by atoms with Crippen molar-refractivity contribution in [2.45, 2.75) is 56.4 Å². The van der Waals surface area contributed by atoms with Gasteiger partial charge in [-0.25, -0.2) is 0 Å². The number of piperidine rings is 1. The van der Waals surface area contributed by atoms with Crippen LogP contribution in [0.25, 0.3) is 0 Å². The SMILES string of the molecule is Cl.O=C(NCC1(c2cccs2)CCCCC1)c1ccn(C2CCCNC2)n1. The Hall–Kier alpha value is -1.37. The number of hydrogen-bond donors (Lipinski definition) is 2. The lowest BCUT2D eigenvalue weighted by molar-refractivity contribution is 0.0931. The smallest absolute Gasteiger partial charge is 0.271 e. The molecule has 1 amide bonds. The number of carbonyl (C=O) groups is 1. The minimum absolute atomic E-state index is 0. The molecule has 0 spiro atoms. The molecule has 2 aromatic heterocycles. The normalized spacial score (nSPS) is 22.0. The van der Waals surface area contributed by atoms with Gasteiger partial charge >= 0.3 is 0 Å². The minimum atomic E-state index is -0.0472. The molecule has 2 aromatic rings. The van der Waals surface area contributed by atoms with E-state index < -0.39 is 0 Å². The summed E-state index contributed by atoms with van der Waals surface area (Å²) in [5, 5.41) is 13.3. The largest absolute Gasteiger partial charge is 0.350 e. The van der Waals surface area contributed by atoms with Gasteiger partial charge in [-0.15, -0.1) is 23.7 Å². The van der Waals surface area contributed by atoms with Gasteiger partial charge in [0.15, 0.2) is 0 Å². The molecule has 1 unspecified atom stereocenters. The molecule has 148 valence electrons. The van der Waals surface area contributed by atoms with E-state index in [1.165, 1.54) is 24.1 Å². The van der Waals surface area contributed by atoms with Crippen LogP contribution in [0.4, 0.5) is 0 Å². The van der Waals surface area contributed by atoms with Gasteiger partial charge in [0.05, 0.1) is 6.04 Å². The van der Waals surface area contributed by atoms with Crippen molar-refractivity contribution in [1.82, 2.24) is 20.4 Å². The van der Waals surface area contributed by atoms with Crippen LogP contribution in [0.3, 0.4) is 0 Å². The molecule has 1 atom stereocenters. The molecule has 2 aliphatic rings. The van der Waals surface area contributed by atoms with Gasteiger partial charge in [-0.2, -0.15) is 5.10 Å². The number of nitrogens with zero attached hydrogens (tertiary/aromatic N) is 2. The Morgan fingerprint density at radius 2 is 2.15 bits per heavy atom. The van der Waals surface area contributed by atoms with Crippen LogP contribution < -0.4 is 10.6 Å². The Kier molecular flexibility index (Phi) is 6.95. The van der Waals surface area contributed by atoms with Crippen LogP contribution in [0.15, 0.2) is 29.8 Å². The van der Waals surface area contributed by atoms with Crippen LogP contribution in [0.2, 0.25) is 0 Å². The Bertz CT molecular complexity index is 718. The van der Waals surface area contributed by atoms with Gasteiger partial charge in [-0.3, -0.25) is 9.48 Å². The Balaban J connectivity index is 0.00000210. The summed E-state index contributed by atoms with van der Waals surface area (Å²) < 4.78 is 1.96. The van der Waals surface area contributed by atoms with E-state index in [-0.39, 0.29) is 23.7 Å². The van der Waals surface area contributed by atoms with Crippen molar-refractivity contribution in [3.05, 3.63) is 40.3 Å². The van der Waals surface area contributed by atoms with Crippen LogP contribution in [-0.2, 0) is 5.41 Å². The molecule has 1 aliphatic carbocycles. The van der Waals surface area contributed by atoms with E-state index in [2.05, 4.69) is 33.2 Å². The maximum Gasteiger partial charge on any atom is 0.271 e. The standard InChI is InChI=1S/C20H28N4OS.ClH/c25-19(17-8-12-24(23-17)16-6-4-11-21-14-16)22-15-20(9-2-1-3-10-20)18-7-5-13-26-18;/h5,7-8,12-13,16,21H,1-4,6,9-11,14-15H2,(H,22,25);1H. The van der Waals surface area contributed by atoms with Crippen molar-refractivity contribution < 1.29 is 4.79 Å². The summed E-state index contributed by atoms with van der Waals surface area (Å²) in [7, 11) is 0. The van der Waals surface area contributed by atoms with E-state index >= 15 is 0 Å².